The fourth-order valence-electron chi connectivity index (χ4n) is 4.34. The summed E-state index contributed by atoms with van der Waals surface area (Å²) in [6, 6.07) is 9.84. The largest absolute Gasteiger partial charge is 0.444 e. The summed E-state index contributed by atoms with van der Waals surface area (Å²) in [4.78, 5) is 12.4. The highest BCUT2D eigenvalue weighted by atomic mass is 16.6. The van der Waals surface area contributed by atoms with E-state index in [2.05, 4.69) is 24.4 Å². The molecule has 5 nitrogen and oxygen atoms in total. The maximum Gasteiger partial charge on any atom is 0.408 e. The molecular weight excluding hydrogens is 438 g/mol. The van der Waals surface area contributed by atoms with Crippen LogP contribution in [0.15, 0.2) is 42.5 Å². The molecule has 1 amide bonds. The first-order valence-corrected chi connectivity index (χ1v) is 13.8. The predicted octanol–water partition coefficient (Wildman–Crippen LogP) is 7.73. The molecule has 5 heteroatoms. The van der Waals surface area contributed by atoms with Crippen molar-refractivity contribution in [1.29, 1.82) is 0 Å². The minimum absolute atomic E-state index is 0.179. The summed E-state index contributed by atoms with van der Waals surface area (Å²) in [7, 11) is 0. The Kier molecular flexibility index (Phi) is 14.1. The van der Waals surface area contributed by atoms with Gasteiger partial charge in [-0.3, -0.25) is 0 Å². The summed E-state index contributed by atoms with van der Waals surface area (Å²) in [6.07, 6.45) is 17.9. The molecule has 1 N–H and O–H groups in total. The van der Waals surface area contributed by atoms with E-state index in [1.54, 1.807) is 0 Å². The van der Waals surface area contributed by atoms with Crippen molar-refractivity contribution in [2.75, 3.05) is 6.61 Å². The second-order valence-corrected chi connectivity index (χ2v) is 10.7. The van der Waals surface area contributed by atoms with E-state index >= 15 is 0 Å². The molecule has 198 valence electrons. The van der Waals surface area contributed by atoms with Gasteiger partial charge in [-0.05, 0) is 39.2 Å². The van der Waals surface area contributed by atoms with Crippen LogP contribution in [0.3, 0.4) is 0 Å². The van der Waals surface area contributed by atoms with Crippen LogP contribution < -0.4 is 5.32 Å². The molecule has 1 heterocycles. The molecule has 1 aromatic carbocycles. The van der Waals surface area contributed by atoms with Gasteiger partial charge in [-0.25, -0.2) is 4.79 Å². The number of nitrogens with one attached hydrogen (secondary N) is 1. The molecule has 1 aliphatic rings. The van der Waals surface area contributed by atoms with Gasteiger partial charge in [-0.1, -0.05) is 107 Å². The lowest BCUT2D eigenvalue weighted by Gasteiger charge is -2.25. The van der Waals surface area contributed by atoms with Gasteiger partial charge in [-0.15, -0.1) is 0 Å². The lowest BCUT2D eigenvalue weighted by atomic mass is 10.0. The third-order valence-electron chi connectivity index (χ3n) is 6.23. The van der Waals surface area contributed by atoms with Crippen molar-refractivity contribution in [3.05, 3.63) is 48.0 Å². The molecule has 1 aliphatic heterocycles. The van der Waals surface area contributed by atoms with E-state index in [0.29, 0.717) is 13.2 Å². The first-order valence-electron chi connectivity index (χ1n) is 13.8. The smallest absolute Gasteiger partial charge is 0.408 e. The number of carbonyl (C=O) groups is 1. The Morgan fingerprint density at radius 1 is 1.00 bits per heavy atom. The molecule has 0 radical (unpaired) electrons. The maximum absolute atomic E-state index is 12.4. The highest BCUT2D eigenvalue weighted by Crippen LogP contribution is 2.22. The number of ether oxygens (including phenoxy) is 3. The van der Waals surface area contributed by atoms with Crippen LogP contribution >= 0.6 is 0 Å². The third-order valence-corrected chi connectivity index (χ3v) is 6.23. The van der Waals surface area contributed by atoms with E-state index in [1.165, 1.54) is 64.2 Å². The summed E-state index contributed by atoms with van der Waals surface area (Å²) < 4.78 is 17.7. The number of amides is 1. The van der Waals surface area contributed by atoms with Crippen molar-refractivity contribution in [2.24, 2.45) is 0 Å². The summed E-state index contributed by atoms with van der Waals surface area (Å²) in [5.41, 5.74) is 0.557. The van der Waals surface area contributed by atoms with Gasteiger partial charge in [0, 0.05) is 0 Å². The number of unbranched alkanes of at least 4 members (excludes halogenated alkanes) is 10. The molecule has 0 saturated carbocycles. The van der Waals surface area contributed by atoms with Gasteiger partial charge in [0.1, 0.15) is 17.8 Å². The number of benzene rings is 1. The van der Waals surface area contributed by atoms with E-state index in [-0.39, 0.29) is 18.2 Å². The van der Waals surface area contributed by atoms with Crippen molar-refractivity contribution in [3.8, 4) is 0 Å². The lowest BCUT2D eigenvalue weighted by molar-refractivity contribution is -0.00627. The Hall–Kier alpha value is -1.85. The molecule has 0 unspecified atom stereocenters. The molecule has 0 aliphatic carbocycles. The molecule has 1 saturated heterocycles. The van der Waals surface area contributed by atoms with Crippen LogP contribution in [-0.4, -0.2) is 36.6 Å². The van der Waals surface area contributed by atoms with Crippen LogP contribution in [0, 0.1) is 0 Å². The standard InChI is InChI=1S/C30H49NO4/c1-5-6-7-8-9-10-11-12-13-14-15-19-22-27-28(34-23-25-20-17-16-18-21-25)26(24-33-27)31-29(32)35-30(2,3)4/h16-22,26-28H,5-15,23-24H2,1-4H3,(H,31,32)/b22-19+/t26-,27+,28+/m0/s1. The summed E-state index contributed by atoms with van der Waals surface area (Å²) in [5.74, 6) is 0. The van der Waals surface area contributed by atoms with Crippen LogP contribution in [0.5, 0.6) is 0 Å². The Bertz CT molecular complexity index is 713. The van der Waals surface area contributed by atoms with E-state index in [0.717, 1.165) is 12.0 Å². The fourth-order valence-corrected chi connectivity index (χ4v) is 4.34. The van der Waals surface area contributed by atoms with Crippen LogP contribution in [0.4, 0.5) is 4.79 Å². The molecule has 2 rings (SSSR count). The SMILES string of the molecule is CCCCCCCCCCCC/C=C/[C@H]1OC[C@H](NC(=O)OC(C)(C)C)[C@H]1OCc1ccccc1. The number of carbonyl (C=O) groups excluding carboxylic acids is 1. The van der Waals surface area contributed by atoms with Gasteiger partial charge in [0.05, 0.1) is 19.3 Å². The van der Waals surface area contributed by atoms with Gasteiger partial charge in [0.25, 0.3) is 0 Å². The number of rotatable bonds is 16. The van der Waals surface area contributed by atoms with Gasteiger partial charge in [0.2, 0.25) is 0 Å². The second kappa shape index (κ2) is 16.8. The highest BCUT2D eigenvalue weighted by Gasteiger charge is 2.38. The predicted molar refractivity (Wildman–Crippen MR) is 144 cm³/mol. The van der Waals surface area contributed by atoms with E-state index in [1.807, 2.05) is 51.1 Å². The zero-order valence-electron chi connectivity index (χ0n) is 22.6. The van der Waals surface area contributed by atoms with Crippen molar-refractivity contribution in [1.82, 2.24) is 5.32 Å². The lowest BCUT2D eigenvalue weighted by Crippen LogP contribution is -2.47. The van der Waals surface area contributed by atoms with Gasteiger partial charge >= 0.3 is 6.09 Å². The van der Waals surface area contributed by atoms with Gasteiger partial charge in [-0.2, -0.15) is 0 Å². The first kappa shape index (κ1) is 29.4. The number of hydrogen-bond donors (Lipinski definition) is 1. The van der Waals surface area contributed by atoms with Crippen molar-refractivity contribution < 1.29 is 19.0 Å². The Morgan fingerprint density at radius 2 is 1.63 bits per heavy atom. The Labute approximate surface area is 214 Å². The molecule has 0 bridgehead atoms. The zero-order valence-corrected chi connectivity index (χ0v) is 22.6. The van der Waals surface area contributed by atoms with Crippen LogP contribution in [-0.2, 0) is 20.8 Å². The average molecular weight is 488 g/mol. The van der Waals surface area contributed by atoms with Crippen molar-refractivity contribution in [3.63, 3.8) is 0 Å². The number of alkyl carbamates (subject to hydrolysis) is 1. The molecule has 35 heavy (non-hydrogen) atoms. The minimum Gasteiger partial charge on any atom is -0.444 e. The molecule has 0 spiro atoms. The van der Waals surface area contributed by atoms with E-state index < -0.39 is 11.7 Å². The summed E-state index contributed by atoms with van der Waals surface area (Å²) in [5, 5.41) is 2.95. The Balaban J connectivity index is 1.75. The fraction of sp³-hybridized carbons (Fsp3) is 0.700. The normalized spacial score (nSPS) is 20.4. The zero-order chi connectivity index (χ0) is 25.4. The van der Waals surface area contributed by atoms with E-state index in [9.17, 15) is 4.79 Å². The summed E-state index contributed by atoms with van der Waals surface area (Å²) >= 11 is 0. The van der Waals surface area contributed by atoms with Gasteiger partial charge in [0.15, 0.2) is 0 Å². The monoisotopic (exact) mass is 487 g/mol. The van der Waals surface area contributed by atoms with Crippen LogP contribution in [0.25, 0.3) is 0 Å². The molecule has 3 atom stereocenters. The van der Waals surface area contributed by atoms with Crippen molar-refractivity contribution >= 4 is 6.09 Å². The molecular formula is C30H49NO4. The average Bonchev–Trinajstić information content (AvgIpc) is 3.18. The minimum atomic E-state index is -0.543. The van der Waals surface area contributed by atoms with Crippen molar-refractivity contribution in [2.45, 2.75) is 129 Å². The van der Waals surface area contributed by atoms with Gasteiger partial charge < -0.3 is 19.5 Å². The molecule has 0 aromatic heterocycles. The molecule has 1 fully saturated rings. The highest BCUT2D eigenvalue weighted by molar-refractivity contribution is 5.68. The second-order valence-electron chi connectivity index (χ2n) is 10.7. The summed E-state index contributed by atoms with van der Waals surface area (Å²) in [6.45, 7) is 8.74. The quantitative estimate of drug-likeness (QED) is 0.191. The third kappa shape index (κ3) is 13.1. The number of hydrogen-bond acceptors (Lipinski definition) is 4. The Morgan fingerprint density at radius 3 is 2.26 bits per heavy atom. The maximum atomic E-state index is 12.4. The van der Waals surface area contributed by atoms with Crippen LogP contribution in [0.2, 0.25) is 0 Å². The molecule has 1 aromatic rings. The van der Waals surface area contributed by atoms with E-state index in [4.69, 9.17) is 14.2 Å². The number of allylic oxidation sites excluding steroid dienone is 1. The first-order chi connectivity index (χ1) is 16.9. The topological polar surface area (TPSA) is 56.8 Å². The van der Waals surface area contributed by atoms with Crippen LogP contribution in [0.1, 0.15) is 104 Å².